The van der Waals surface area contributed by atoms with Crippen molar-refractivity contribution in [3.05, 3.63) is 0 Å². The third kappa shape index (κ3) is 6.62. The molecule has 0 aromatic carbocycles. The molecule has 3 atom stereocenters. The van der Waals surface area contributed by atoms with Gasteiger partial charge in [0.2, 0.25) is 0 Å². The van der Waals surface area contributed by atoms with Gasteiger partial charge in [0.05, 0.1) is 6.10 Å². The number of hydrogen-bond acceptors (Lipinski definition) is 2. The minimum atomic E-state index is -0.276. The van der Waals surface area contributed by atoms with Crippen LogP contribution < -0.4 is 0 Å². The summed E-state index contributed by atoms with van der Waals surface area (Å²) in [6.07, 6.45) is 20.0. The standard InChI is InChI=1S/C32H50O2/c1-24-8-12-26(13-9-24)28-18-21-32(34-4,22-19-28)20-6-5-7-30-23-29(16-17-31(30)33-3)27-14-10-25(2)11-15-27/h24-31H,8-19,21-23H2,1-4H3. The highest BCUT2D eigenvalue weighted by Gasteiger charge is 2.38. The summed E-state index contributed by atoms with van der Waals surface area (Å²) in [4.78, 5) is 0. The quantitative estimate of drug-likeness (QED) is 0.396. The van der Waals surface area contributed by atoms with Crippen LogP contribution in [0.2, 0.25) is 0 Å². The van der Waals surface area contributed by atoms with Crippen LogP contribution in [0, 0.1) is 65.1 Å². The third-order valence-electron chi connectivity index (χ3n) is 10.4. The molecule has 34 heavy (non-hydrogen) atoms. The molecule has 4 aliphatic carbocycles. The molecule has 0 aromatic heterocycles. The lowest BCUT2D eigenvalue weighted by atomic mass is 9.68. The maximum Gasteiger partial charge on any atom is 0.129 e. The smallest absolute Gasteiger partial charge is 0.129 e. The van der Waals surface area contributed by atoms with E-state index in [-0.39, 0.29) is 11.7 Å². The average molecular weight is 467 g/mol. The largest absolute Gasteiger partial charge is 0.380 e. The van der Waals surface area contributed by atoms with Gasteiger partial charge in [0.25, 0.3) is 0 Å². The molecule has 190 valence electrons. The van der Waals surface area contributed by atoms with Gasteiger partial charge in [-0.1, -0.05) is 51.4 Å². The van der Waals surface area contributed by atoms with E-state index in [0.29, 0.717) is 5.92 Å². The lowest BCUT2D eigenvalue weighted by Crippen LogP contribution is -2.37. The van der Waals surface area contributed by atoms with Crippen molar-refractivity contribution in [3.63, 3.8) is 0 Å². The van der Waals surface area contributed by atoms with E-state index in [1.807, 2.05) is 14.2 Å². The van der Waals surface area contributed by atoms with Gasteiger partial charge in [0.1, 0.15) is 5.60 Å². The van der Waals surface area contributed by atoms with Crippen LogP contribution in [-0.2, 0) is 9.47 Å². The fourth-order valence-electron chi connectivity index (χ4n) is 7.78. The first-order valence-electron chi connectivity index (χ1n) is 14.6. The van der Waals surface area contributed by atoms with Crippen molar-refractivity contribution in [3.8, 4) is 23.7 Å². The van der Waals surface area contributed by atoms with Crippen LogP contribution in [0.25, 0.3) is 0 Å². The van der Waals surface area contributed by atoms with Gasteiger partial charge in [-0.2, -0.15) is 0 Å². The highest BCUT2D eigenvalue weighted by molar-refractivity contribution is 5.31. The Kier molecular flexibility index (Phi) is 9.47. The van der Waals surface area contributed by atoms with Gasteiger partial charge in [0.15, 0.2) is 0 Å². The highest BCUT2D eigenvalue weighted by Crippen LogP contribution is 2.44. The molecule has 4 aliphatic rings. The van der Waals surface area contributed by atoms with Crippen molar-refractivity contribution in [2.24, 2.45) is 41.4 Å². The van der Waals surface area contributed by atoms with Crippen LogP contribution in [-0.4, -0.2) is 25.9 Å². The fourth-order valence-corrected chi connectivity index (χ4v) is 7.78. The molecule has 4 fully saturated rings. The van der Waals surface area contributed by atoms with Gasteiger partial charge < -0.3 is 9.47 Å². The Morgan fingerprint density at radius 2 is 1.15 bits per heavy atom. The molecule has 0 saturated heterocycles. The van der Waals surface area contributed by atoms with E-state index < -0.39 is 0 Å². The monoisotopic (exact) mass is 466 g/mol. The summed E-state index contributed by atoms with van der Waals surface area (Å²) in [5.41, 5.74) is -0.276. The van der Waals surface area contributed by atoms with Crippen LogP contribution in [0.15, 0.2) is 0 Å². The second kappa shape index (κ2) is 12.3. The molecule has 0 bridgehead atoms. The van der Waals surface area contributed by atoms with Crippen LogP contribution in [0.1, 0.15) is 110 Å². The molecular weight excluding hydrogens is 416 g/mol. The molecule has 2 heteroatoms. The van der Waals surface area contributed by atoms with Gasteiger partial charge >= 0.3 is 0 Å². The Morgan fingerprint density at radius 1 is 0.618 bits per heavy atom. The summed E-state index contributed by atoms with van der Waals surface area (Å²) in [7, 11) is 3.71. The molecule has 4 saturated carbocycles. The van der Waals surface area contributed by atoms with Gasteiger partial charge in [-0.3, -0.25) is 0 Å². The summed E-state index contributed by atoms with van der Waals surface area (Å²) >= 11 is 0. The van der Waals surface area contributed by atoms with Crippen molar-refractivity contribution < 1.29 is 9.47 Å². The predicted octanol–water partition coefficient (Wildman–Crippen LogP) is 7.65. The topological polar surface area (TPSA) is 18.5 Å². The summed E-state index contributed by atoms with van der Waals surface area (Å²) in [5, 5.41) is 0. The molecule has 0 N–H and O–H groups in total. The number of rotatable bonds is 4. The first-order valence-corrected chi connectivity index (χ1v) is 14.6. The van der Waals surface area contributed by atoms with Crippen LogP contribution in [0.4, 0.5) is 0 Å². The van der Waals surface area contributed by atoms with E-state index >= 15 is 0 Å². The Morgan fingerprint density at radius 3 is 1.71 bits per heavy atom. The molecule has 0 amide bonds. The molecule has 0 radical (unpaired) electrons. The van der Waals surface area contributed by atoms with Crippen molar-refractivity contribution in [1.82, 2.24) is 0 Å². The molecule has 4 rings (SSSR count). The van der Waals surface area contributed by atoms with E-state index in [4.69, 9.17) is 9.47 Å². The van der Waals surface area contributed by atoms with Gasteiger partial charge in [0, 0.05) is 20.1 Å². The summed E-state index contributed by atoms with van der Waals surface area (Å²) < 4.78 is 11.8. The van der Waals surface area contributed by atoms with Crippen LogP contribution in [0.3, 0.4) is 0 Å². The maximum atomic E-state index is 6.00. The zero-order valence-corrected chi connectivity index (χ0v) is 22.5. The molecule has 3 unspecified atom stereocenters. The molecular formula is C32H50O2. The number of methoxy groups -OCH3 is 2. The van der Waals surface area contributed by atoms with E-state index in [2.05, 4.69) is 37.5 Å². The van der Waals surface area contributed by atoms with Gasteiger partial charge in [-0.25, -0.2) is 0 Å². The molecule has 0 spiro atoms. The van der Waals surface area contributed by atoms with Crippen molar-refractivity contribution in [2.45, 2.75) is 122 Å². The third-order valence-corrected chi connectivity index (χ3v) is 10.4. The summed E-state index contributed by atoms with van der Waals surface area (Å²) in [6.45, 7) is 4.84. The Bertz CT molecular complexity index is 739. The predicted molar refractivity (Wildman–Crippen MR) is 141 cm³/mol. The fraction of sp³-hybridized carbons (Fsp3) is 0.875. The van der Waals surface area contributed by atoms with Gasteiger partial charge in [-0.15, -0.1) is 0 Å². The SMILES string of the molecule is COC1CCC(C2CCC(C)CC2)CC1C#CC#CC1(OC)CCC(C2CCC(C)CC2)CC1. The maximum absolute atomic E-state index is 6.00. The highest BCUT2D eigenvalue weighted by atomic mass is 16.5. The minimum absolute atomic E-state index is 0.276. The zero-order valence-electron chi connectivity index (χ0n) is 22.5. The van der Waals surface area contributed by atoms with Crippen molar-refractivity contribution >= 4 is 0 Å². The molecule has 2 nitrogen and oxygen atoms in total. The van der Waals surface area contributed by atoms with E-state index in [1.54, 1.807) is 0 Å². The van der Waals surface area contributed by atoms with E-state index in [0.717, 1.165) is 54.8 Å². The Labute approximate surface area is 210 Å². The lowest BCUT2D eigenvalue weighted by molar-refractivity contribution is -0.0123. The van der Waals surface area contributed by atoms with Crippen LogP contribution >= 0.6 is 0 Å². The molecule has 0 aliphatic heterocycles. The van der Waals surface area contributed by atoms with E-state index in [1.165, 1.54) is 77.0 Å². The number of ether oxygens (including phenoxy) is 2. The zero-order chi connectivity index (χ0) is 24.0. The summed E-state index contributed by atoms with van der Waals surface area (Å²) in [5.74, 6) is 19.3. The van der Waals surface area contributed by atoms with Gasteiger partial charge in [-0.05, 0) is 118 Å². The normalized spacial score (nSPS) is 43.2. The number of hydrogen-bond donors (Lipinski definition) is 0. The minimum Gasteiger partial charge on any atom is -0.380 e. The van der Waals surface area contributed by atoms with E-state index in [9.17, 15) is 0 Å². The Hall–Kier alpha value is -0.960. The average Bonchev–Trinajstić information content (AvgIpc) is 2.88. The summed E-state index contributed by atoms with van der Waals surface area (Å²) in [6, 6.07) is 0. The van der Waals surface area contributed by atoms with Crippen molar-refractivity contribution in [2.75, 3.05) is 14.2 Å². The van der Waals surface area contributed by atoms with Crippen LogP contribution in [0.5, 0.6) is 0 Å². The first-order chi connectivity index (χ1) is 16.5. The second-order valence-electron chi connectivity index (χ2n) is 12.5. The molecule has 0 heterocycles. The second-order valence-corrected chi connectivity index (χ2v) is 12.5. The molecule has 0 aromatic rings. The van der Waals surface area contributed by atoms with Crippen molar-refractivity contribution in [1.29, 1.82) is 0 Å². The lowest BCUT2D eigenvalue weighted by Gasteiger charge is -2.40. The Balaban J connectivity index is 1.32. The first kappa shape index (κ1) is 26.1.